The molecule has 1 heterocycles. The summed E-state index contributed by atoms with van der Waals surface area (Å²) in [6.07, 6.45) is 0. The van der Waals surface area contributed by atoms with Crippen LogP contribution in [0.3, 0.4) is 0 Å². The van der Waals surface area contributed by atoms with E-state index in [0.717, 1.165) is 11.1 Å². The summed E-state index contributed by atoms with van der Waals surface area (Å²) in [5, 5.41) is 1.65. The maximum atomic E-state index is 12.5. The average molecular weight is 269 g/mol. The van der Waals surface area contributed by atoms with Crippen molar-refractivity contribution in [3.63, 3.8) is 0 Å². The van der Waals surface area contributed by atoms with Crippen molar-refractivity contribution in [1.82, 2.24) is 9.31 Å². The average Bonchev–Trinajstić information content (AvgIpc) is 2.32. The lowest BCUT2D eigenvalue weighted by Crippen LogP contribution is -2.51. The highest BCUT2D eigenvalue weighted by Gasteiger charge is 2.28. The lowest BCUT2D eigenvalue weighted by Gasteiger charge is -2.31. The molecule has 0 aromatic heterocycles. The van der Waals surface area contributed by atoms with E-state index in [-0.39, 0.29) is 0 Å². The number of sulfonamides is 1. The molecular formula is C12H19N3O2S. The Bertz CT molecular complexity index is 534. The van der Waals surface area contributed by atoms with Gasteiger partial charge in [0.05, 0.1) is 4.90 Å². The van der Waals surface area contributed by atoms with E-state index in [4.69, 9.17) is 5.84 Å². The number of hydrogen-bond acceptors (Lipinski definition) is 4. The molecule has 0 spiro atoms. The van der Waals surface area contributed by atoms with Crippen molar-refractivity contribution in [3.8, 4) is 0 Å². The standard InChI is InChI=1S/C12H19N3O2S/c1-10-3-4-11(2)12(9-10)18(16,17)15-7-5-14(13)6-8-15/h3-4,9H,5-8,13H2,1-2H3. The van der Waals surface area contributed by atoms with Crippen molar-refractivity contribution < 1.29 is 8.42 Å². The van der Waals surface area contributed by atoms with Gasteiger partial charge in [0.25, 0.3) is 0 Å². The SMILES string of the molecule is Cc1ccc(C)c(S(=O)(=O)N2CCN(N)CC2)c1. The molecule has 1 saturated heterocycles. The summed E-state index contributed by atoms with van der Waals surface area (Å²) < 4.78 is 26.6. The molecule has 6 heteroatoms. The quantitative estimate of drug-likeness (QED) is 0.793. The first kappa shape index (κ1) is 13.5. The van der Waals surface area contributed by atoms with E-state index >= 15 is 0 Å². The van der Waals surface area contributed by atoms with Crippen molar-refractivity contribution in [2.45, 2.75) is 18.7 Å². The molecule has 0 saturated carbocycles. The van der Waals surface area contributed by atoms with Crippen LogP contribution in [0.1, 0.15) is 11.1 Å². The second kappa shape index (κ2) is 4.97. The number of nitrogens with zero attached hydrogens (tertiary/aromatic N) is 2. The Morgan fingerprint density at radius 1 is 1.11 bits per heavy atom. The van der Waals surface area contributed by atoms with Gasteiger partial charge in [-0.25, -0.2) is 13.4 Å². The Labute approximate surface area is 108 Å². The van der Waals surface area contributed by atoms with E-state index in [9.17, 15) is 8.42 Å². The molecule has 2 rings (SSSR count). The number of hydrazine groups is 1. The molecule has 0 amide bonds. The first-order valence-electron chi connectivity index (χ1n) is 5.98. The van der Waals surface area contributed by atoms with Crippen LogP contribution in [-0.4, -0.2) is 43.9 Å². The molecule has 2 N–H and O–H groups in total. The number of aryl methyl sites for hydroxylation is 2. The Morgan fingerprint density at radius 2 is 1.72 bits per heavy atom. The molecule has 1 aromatic carbocycles. The van der Waals surface area contributed by atoms with Crippen molar-refractivity contribution >= 4 is 10.0 Å². The van der Waals surface area contributed by atoms with Gasteiger partial charge in [0, 0.05) is 26.2 Å². The van der Waals surface area contributed by atoms with Gasteiger partial charge < -0.3 is 0 Å². The van der Waals surface area contributed by atoms with Crippen LogP contribution >= 0.6 is 0 Å². The van der Waals surface area contributed by atoms with Gasteiger partial charge in [-0.15, -0.1) is 0 Å². The van der Waals surface area contributed by atoms with Crippen LogP contribution < -0.4 is 5.84 Å². The lowest BCUT2D eigenvalue weighted by molar-refractivity contribution is 0.192. The fourth-order valence-electron chi connectivity index (χ4n) is 2.07. The summed E-state index contributed by atoms with van der Waals surface area (Å²) in [7, 11) is -3.39. The normalized spacial score (nSPS) is 19.1. The number of piperazine rings is 1. The topological polar surface area (TPSA) is 66.6 Å². The second-order valence-corrected chi connectivity index (χ2v) is 6.62. The second-order valence-electron chi connectivity index (χ2n) is 4.71. The zero-order valence-corrected chi connectivity index (χ0v) is 11.6. The summed E-state index contributed by atoms with van der Waals surface area (Å²) in [6, 6.07) is 5.51. The Morgan fingerprint density at radius 3 is 2.33 bits per heavy atom. The molecule has 5 nitrogen and oxygen atoms in total. The van der Waals surface area contributed by atoms with Crippen molar-refractivity contribution in [3.05, 3.63) is 29.3 Å². The Kier molecular flexibility index (Phi) is 3.72. The third kappa shape index (κ3) is 2.56. The predicted molar refractivity (Wildman–Crippen MR) is 70.4 cm³/mol. The number of hydrogen-bond donors (Lipinski definition) is 1. The fourth-order valence-corrected chi connectivity index (χ4v) is 3.80. The van der Waals surface area contributed by atoms with Gasteiger partial charge in [-0.05, 0) is 31.0 Å². The molecule has 0 aliphatic carbocycles. The molecule has 100 valence electrons. The zero-order chi connectivity index (χ0) is 13.3. The van der Waals surface area contributed by atoms with Gasteiger partial charge in [-0.3, -0.25) is 5.84 Å². The fraction of sp³-hybridized carbons (Fsp3) is 0.500. The van der Waals surface area contributed by atoms with Crippen LogP contribution in [0.5, 0.6) is 0 Å². The summed E-state index contributed by atoms with van der Waals surface area (Å²) in [6.45, 7) is 5.77. The highest BCUT2D eigenvalue weighted by molar-refractivity contribution is 7.89. The maximum Gasteiger partial charge on any atom is 0.243 e. The molecule has 0 radical (unpaired) electrons. The van der Waals surface area contributed by atoms with Crippen LogP contribution in [0.2, 0.25) is 0 Å². The molecule has 1 aromatic rings. The molecule has 0 bridgehead atoms. The van der Waals surface area contributed by atoms with E-state index < -0.39 is 10.0 Å². The van der Waals surface area contributed by atoms with Crippen LogP contribution in [-0.2, 0) is 10.0 Å². The molecule has 0 atom stereocenters. The summed E-state index contributed by atoms with van der Waals surface area (Å²) in [5.74, 6) is 5.64. The van der Waals surface area contributed by atoms with E-state index in [1.54, 1.807) is 11.1 Å². The van der Waals surface area contributed by atoms with Gasteiger partial charge in [0.15, 0.2) is 0 Å². The van der Waals surface area contributed by atoms with E-state index in [2.05, 4.69) is 0 Å². The third-order valence-corrected chi connectivity index (χ3v) is 5.28. The predicted octanol–water partition coefficient (Wildman–Crippen LogP) is 0.483. The number of rotatable bonds is 2. The molecule has 18 heavy (non-hydrogen) atoms. The van der Waals surface area contributed by atoms with Gasteiger partial charge >= 0.3 is 0 Å². The van der Waals surface area contributed by atoms with Crippen LogP contribution in [0.25, 0.3) is 0 Å². The van der Waals surface area contributed by atoms with Gasteiger partial charge in [0.2, 0.25) is 10.0 Å². The van der Waals surface area contributed by atoms with Crippen LogP contribution in [0, 0.1) is 13.8 Å². The third-order valence-electron chi connectivity index (χ3n) is 3.23. The summed E-state index contributed by atoms with van der Waals surface area (Å²) >= 11 is 0. The molecule has 1 aliphatic rings. The van der Waals surface area contributed by atoms with Gasteiger partial charge in [-0.1, -0.05) is 12.1 Å². The highest BCUT2D eigenvalue weighted by atomic mass is 32.2. The monoisotopic (exact) mass is 269 g/mol. The minimum Gasteiger partial charge on any atom is -0.269 e. The van der Waals surface area contributed by atoms with Crippen molar-refractivity contribution in [1.29, 1.82) is 0 Å². The number of nitrogens with two attached hydrogens (primary N) is 1. The molecule has 1 fully saturated rings. The summed E-state index contributed by atoms with van der Waals surface area (Å²) in [5.41, 5.74) is 1.74. The van der Waals surface area contributed by atoms with Crippen LogP contribution in [0.15, 0.2) is 23.1 Å². The largest absolute Gasteiger partial charge is 0.269 e. The van der Waals surface area contributed by atoms with E-state index in [1.165, 1.54) is 4.31 Å². The van der Waals surface area contributed by atoms with Gasteiger partial charge in [0.1, 0.15) is 0 Å². The van der Waals surface area contributed by atoms with E-state index in [0.29, 0.717) is 31.1 Å². The Hall–Kier alpha value is -0.950. The molecule has 0 unspecified atom stereocenters. The van der Waals surface area contributed by atoms with Gasteiger partial charge in [-0.2, -0.15) is 4.31 Å². The van der Waals surface area contributed by atoms with Crippen LogP contribution in [0.4, 0.5) is 0 Å². The Balaban J connectivity index is 2.33. The lowest BCUT2D eigenvalue weighted by atomic mass is 10.2. The summed E-state index contributed by atoms with van der Waals surface area (Å²) in [4.78, 5) is 0.410. The number of benzene rings is 1. The van der Waals surface area contributed by atoms with Crippen molar-refractivity contribution in [2.75, 3.05) is 26.2 Å². The first-order valence-corrected chi connectivity index (χ1v) is 7.42. The van der Waals surface area contributed by atoms with Crippen molar-refractivity contribution in [2.24, 2.45) is 5.84 Å². The smallest absolute Gasteiger partial charge is 0.243 e. The highest BCUT2D eigenvalue weighted by Crippen LogP contribution is 2.21. The molecule has 1 aliphatic heterocycles. The minimum atomic E-state index is -3.39. The van der Waals surface area contributed by atoms with E-state index in [1.807, 2.05) is 26.0 Å². The molecular weight excluding hydrogens is 250 g/mol. The maximum absolute atomic E-state index is 12.5. The first-order chi connectivity index (χ1) is 8.41. The minimum absolute atomic E-state index is 0.410. The zero-order valence-electron chi connectivity index (χ0n) is 10.8.